The van der Waals surface area contributed by atoms with Gasteiger partial charge in [0.1, 0.15) is 0 Å². The third kappa shape index (κ3) is 6.95. The predicted octanol–water partition coefficient (Wildman–Crippen LogP) is 3.19. The van der Waals surface area contributed by atoms with Crippen molar-refractivity contribution in [1.82, 2.24) is 10.2 Å². The van der Waals surface area contributed by atoms with Crippen molar-refractivity contribution in [3.8, 4) is 0 Å². The van der Waals surface area contributed by atoms with Crippen LogP contribution < -0.4 is 10.0 Å². The molecule has 1 heterocycles. The van der Waals surface area contributed by atoms with E-state index in [9.17, 15) is 18.0 Å². The lowest BCUT2D eigenvalue weighted by Crippen LogP contribution is -2.43. The first-order valence-electron chi connectivity index (χ1n) is 10.6. The second-order valence-corrected chi connectivity index (χ2v) is 9.82. The first-order chi connectivity index (χ1) is 15.2. The number of amides is 2. The quantitative estimate of drug-likeness (QED) is 0.627. The highest BCUT2D eigenvalue weighted by atomic mass is 32.2. The molecule has 0 aromatic heterocycles. The number of carbonyl (C=O) groups excluding carboxylic acids is 2. The largest absolute Gasteiger partial charge is 0.349 e. The van der Waals surface area contributed by atoms with Crippen LogP contribution in [0.1, 0.15) is 36.9 Å². The van der Waals surface area contributed by atoms with Crippen LogP contribution in [0.15, 0.2) is 60.7 Å². The zero-order valence-corrected chi connectivity index (χ0v) is 19.1. The Balaban J connectivity index is 1.47. The van der Waals surface area contributed by atoms with Crippen LogP contribution in [0.3, 0.4) is 0 Å². The lowest BCUT2D eigenvalue weighted by Gasteiger charge is -2.31. The summed E-state index contributed by atoms with van der Waals surface area (Å²) >= 11 is 0. The van der Waals surface area contributed by atoms with Crippen molar-refractivity contribution in [2.24, 2.45) is 5.92 Å². The number of anilines is 1. The van der Waals surface area contributed by atoms with E-state index in [-0.39, 0.29) is 23.8 Å². The molecule has 1 atom stereocenters. The van der Waals surface area contributed by atoms with Gasteiger partial charge < -0.3 is 10.2 Å². The maximum absolute atomic E-state index is 12.7. The van der Waals surface area contributed by atoms with Crippen molar-refractivity contribution in [2.45, 2.75) is 25.8 Å². The number of sulfonamides is 1. The van der Waals surface area contributed by atoms with Gasteiger partial charge in [-0.25, -0.2) is 8.42 Å². The second-order valence-electron chi connectivity index (χ2n) is 8.07. The summed E-state index contributed by atoms with van der Waals surface area (Å²) in [7, 11) is -3.32. The summed E-state index contributed by atoms with van der Waals surface area (Å²) in [5.74, 6) is -0.197. The van der Waals surface area contributed by atoms with E-state index >= 15 is 0 Å². The molecular weight excluding hydrogens is 426 g/mol. The fraction of sp³-hybridized carbons (Fsp3) is 0.333. The van der Waals surface area contributed by atoms with Crippen molar-refractivity contribution in [3.63, 3.8) is 0 Å². The maximum Gasteiger partial charge on any atom is 0.246 e. The summed E-state index contributed by atoms with van der Waals surface area (Å²) in [6, 6.07) is 16.4. The van der Waals surface area contributed by atoms with Crippen LogP contribution in [-0.2, 0) is 19.6 Å². The molecule has 0 spiro atoms. The minimum atomic E-state index is -3.32. The van der Waals surface area contributed by atoms with E-state index in [4.69, 9.17) is 0 Å². The second kappa shape index (κ2) is 10.5. The third-order valence-electron chi connectivity index (χ3n) is 5.47. The summed E-state index contributed by atoms with van der Waals surface area (Å²) in [5.41, 5.74) is 2.34. The van der Waals surface area contributed by atoms with Crippen molar-refractivity contribution >= 4 is 33.6 Å². The molecule has 2 amide bonds. The van der Waals surface area contributed by atoms with E-state index in [1.807, 2.05) is 37.3 Å². The van der Waals surface area contributed by atoms with E-state index < -0.39 is 10.0 Å². The van der Waals surface area contributed by atoms with Crippen LogP contribution in [-0.4, -0.2) is 44.5 Å². The monoisotopic (exact) mass is 455 g/mol. The molecule has 1 aliphatic heterocycles. The molecule has 1 fully saturated rings. The lowest BCUT2D eigenvalue weighted by atomic mass is 9.95. The number of carbonyl (C=O) groups is 2. The molecule has 2 aromatic carbocycles. The minimum Gasteiger partial charge on any atom is -0.349 e. The number of rotatable bonds is 7. The Labute approximate surface area is 189 Å². The number of piperidine rings is 1. The topological polar surface area (TPSA) is 95.6 Å². The Kier molecular flexibility index (Phi) is 7.69. The van der Waals surface area contributed by atoms with Gasteiger partial charge in [0.05, 0.1) is 12.3 Å². The molecule has 32 heavy (non-hydrogen) atoms. The highest BCUT2D eigenvalue weighted by Crippen LogP contribution is 2.21. The molecule has 1 aliphatic rings. The molecule has 3 rings (SSSR count). The standard InChI is InChI=1S/C24H29N3O4S/c1-18(20-9-11-22(12-10-20)26-32(2,30)31)25-24(29)21-14-16-27(17-15-21)23(28)13-8-19-6-4-3-5-7-19/h3-13,18,21,26H,14-17H2,1-2H3,(H,25,29)/b13-8+/t18-/m0/s1. The Morgan fingerprint density at radius 3 is 2.25 bits per heavy atom. The Hall–Kier alpha value is -3.13. The molecule has 8 heteroatoms. The van der Waals surface area contributed by atoms with Crippen LogP contribution in [0.5, 0.6) is 0 Å². The van der Waals surface area contributed by atoms with Crippen LogP contribution in [0, 0.1) is 5.92 Å². The van der Waals surface area contributed by atoms with E-state index in [2.05, 4.69) is 10.0 Å². The number of likely N-dealkylation sites (tertiary alicyclic amines) is 1. The Morgan fingerprint density at radius 1 is 1.03 bits per heavy atom. The molecule has 7 nitrogen and oxygen atoms in total. The molecule has 1 saturated heterocycles. The summed E-state index contributed by atoms with van der Waals surface area (Å²) in [5, 5.41) is 3.03. The van der Waals surface area contributed by atoms with Crippen LogP contribution in [0.2, 0.25) is 0 Å². The third-order valence-corrected chi connectivity index (χ3v) is 6.07. The van der Waals surface area contributed by atoms with E-state index in [1.165, 1.54) is 0 Å². The fourth-order valence-electron chi connectivity index (χ4n) is 3.67. The molecular formula is C24H29N3O4S. The van der Waals surface area contributed by atoms with Crippen molar-refractivity contribution in [3.05, 3.63) is 71.8 Å². The fourth-order valence-corrected chi connectivity index (χ4v) is 4.23. The van der Waals surface area contributed by atoms with E-state index in [1.54, 1.807) is 41.3 Å². The van der Waals surface area contributed by atoms with Gasteiger partial charge in [-0.1, -0.05) is 42.5 Å². The number of hydrogen-bond donors (Lipinski definition) is 2. The Bertz CT molecular complexity index is 1060. The molecule has 170 valence electrons. The number of benzene rings is 2. The molecule has 0 saturated carbocycles. The highest BCUT2D eigenvalue weighted by Gasteiger charge is 2.27. The van der Waals surface area contributed by atoms with Gasteiger partial charge in [-0.05, 0) is 49.1 Å². The van der Waals surface area contributed by atoms with Gasteiger partial charge in [0.15, 0.2) is 0 Å². The maximum atomic E-state index is 12.7. The number of hydrogen-bond acceptors (Lipinski definition) is 4. The van der Waals surface area contributed by atoms with Crippen molar-refractivity contribution in [1.29, 1.82) is 0 Å². The zero-order chi connectivity index (χ0) is 23.1. The zero-order valence-electron chi connectivity index (χ0n) is 18.3. The van der Waals surface area contributed by atoms with Gasteiger partial charge in [0.2, 0.25) is 21.8 Å². The Morgan fingerprint density at radius 2 is 1.66 bits per heavy atom. The first kappa shape index (κ1) is 23.5. The van der Waals surface area contributed by atoms with Gasteiger partial charge in [-0.2, -0.15) is 0 Å². The minimum absolute atomic E-state index is 0.0252. The van der Waals surface area contributed by atoms with Crippen LogP contribution >= 0.6 is 0 Å². The molecule has 0 unspecified atom stereocenters. The van der Waals surface area contributed by atoms with Crippen LogP contribution in [0.4, 0.5) is 5.69 Å². The molecule has 2 aromatic rings. The average Bonchev–Trinajstić information content (AvgIpc) is 2.77. The van der Waals surface area contributed by atoms with Crippen molar-refractivity contribution in [2.75, 3.05) is 24.1 Å². The summed E-state index contributed by atoms with van der Waals surface area (Å²) in [4.78, 5) is 26.9. The lowest BCUT2D eigenvalue weighted by molar-refractivity contribution is -0.132. The molecule has 2 N–H and O–H groups in total. The van der Waals surface area contributed by atoms with Crippen molar-refractivity contribution < 1.29 is 18.0 Å². The van der Waals surface area contributed by atoms with Gasteiger partial charge in [-0.3, -0.25) is 14.3 Å². The number of nitrogens with zero attached hydrogens (tertiary/aromatic N) is 1. The van der Waals surface area contributed by atoms with Crippen LogP contribution in [0.25, 0.3) is 6.08 Å². The first-order valence-corrected chi connectivity index (χ1v) is 12.5. The summed E-state index contributed by atoms with van der Waals surface area (Å²) in [6.07, 6.45) is 5.74. The predicted molar refractivity (Wildman–Crippen MR) is 126 cm³/mol. The van der Waals surface area contributed by atoms with Gasteiger partial charge >= 0.3 is 0 Å². The molecule has 0 aliphatic carbocycles. The number of nitrogens with one attached hydrogen (secondary N) is 2. The normalized spacial score (nSPS) is 16.0. The summed E-state index contributed by atoms with van der Waals surface area (Å²) in [6.45, 7) is 3.00. The van der Waals surface area contributed by atoms with E-state index in [0.29, 0.717) is 31.6 Å². The van der Waals surface area contributed by atoms with Gasteiger partial charge in [-0.15, -0.1) is 0 Å². The SMILES string of the molecule is C[C@H](NC(=O)C1CCN(C(=O)/C=C/c2ccccc2)CC1)c1ccc(NS(C)(=O)=O)cc1. The average molecular weight is 456 g/mol. The van der Waals surface area contributed by atoms with E-state index in [0.717, 1.165) is 17.4 Å². The summed E-state index contributed by atoms with van der Waals surface area (Å²) < 4.78 is 25.0. The smallest absolute Gasteiger partial charge is 0.246 e. The van der Waals surface area contributed by atoms with Gasteiger partial charge in [0.25, 0.3) is 0 Å². The van der Waals surface area contributed by atoms with Gasteiger partial charge in [0, 0.05) is 30.8 Å². The molecule has 0 bridgehead atoms. The molecule has 0 radical (unpaired) electrons. The highest BCUT2D eigenvalue weighted by molar-refractivity contribution is 7.92.